The summed E-state index contributed by atoms with van der Waals surface area (Å²) in [6.45, 7) is 0. The van der Waals surface area contributed by atoms with Crippen molar-refractivity contribution in [3.63, 3.8) is 0 Å². The summed E-state index contributed by atoms with van der Waals surface area (Å²) < 4.78 is 10.5. The summed E-state index contributed by atoms with van der Waals surface area (Å²) in [5, 5.41) is -0.503. The number of aromatic nitrogens is 1. The van der Waals surface area contributed by atoms with Crippen LogP contribution in [0.1, 0.15) is 23.5 Å². The molecule has 0 radical (unpaired) electrons. The van der Waals surface area contributed by atoms with E-state index in [1.807, 2.05) is 18.2 Å². The highest BCUT2D eigenvalue weighted by Gasteiger charge is 2.33. The topological polar surface area (TPSA) is 48.4 Å². The summed E-state index contributed by atoms with van der Waals surface area (Å²) in [5.41, 5.74) is 2.37. The van der Waals surface area contributed by atoms with Crippen LogP contribution in [0, 0.1) is 0 Å². The van der Waals surface area contributed by atoms with E-state index in [1.54, 1.807) is 31.5 Å². The summed E-state index contributed by atoms with van der Waals surface area (Å²) in [4.78, 5) is 16.3. The van der Waals surface area contributed by atoms with Gasteiger partial charge in [0.15, 0.2) is 0 Å². The van der Waals surface area contributed by atoms with E-state index in [-0.39, 0.29) is 11.9 Å². The summed E-state index contributed by atoms with van der Waals surface area (Å²) in [6, 6.07) is 11.2. The number of benzene rings is 1. The van der Waals surface area contributed by atoms with E-state index >= 15 is 0 Å². The van der Waals surface area contributed by atoms with Crippen molar-refractivity contribution < 1.29 is 14.3 Å². The van der Waals surface area contributed by atoms with Gasteiger partial charge in [0.05, 0.1) is 7.11 Å². The lowest BCUT2D eigenvalue weighted by molar-refractivity contribution is -0.134. The van der Waals surface area contributed by atoms with Crippen LogP contribution in [0.3, 0.4) is 0 Å². The zero-order valence-corrected chi connectivity index (χ0v) is 13.1. The van der Waals surface area contributed by atoms with Gasteiger partial charge in [-0.05, 0) is 42.2 Å². The van der Waals surface area contributed by atoms with E-state index in [0.717, 1.165) is 24.2 Å². The van der Waals surface area contributed by atoms with Gasteiger partial charge in [-0.25, -0.2) is 4.98 Å². The standard InChI is InChI=1S/C17H17NO3S/c1-20-12-6-8-13-11(10-12)5-7-14(13)16(22)17(19)21-15-4-2-3-9-18-15/h2-4,6,8-10,14,16,22H,5,7H2,1H3. The number of hydrogen-bond acceptors (Lipinski definition) is 5. The normalized spacial score (nSPS) is 17.6. The fourth-order valence-corrected chi connectivity index (χ4v) is 3.18. The Kier molecular flexibility index (Phi) is 4.34. The van der Waals surface area contributed by atoms with Crippen molar-refractivity contribution in [1.29, 1.82) is 0 Å². The molecule has 1 aromatic carbocycles. The number of esters is 1. The van der Waals surface area contributed by atoms with E-state index in [2.05, 4.69) is 17.6 Å². The molecule has 4 nitrogen and oxygen atoms in total. The first-order valence-electron chi connectivity index (χ1n) is 7.16. The second-order valence-corrected chi connectivity index (χ2v) is 5.80. The van der Waals surface area contributed by atoms with Crippen molar-refractivity contribution in [3.05, 3.63) is 53.7 Å². The molecule has 2 unspecified atom stereocenters. The molecule has 114 valence electrons. The van der Waals surface area contributed by atoms with Crippen LogP contribution in [0.5, 0.6) is 11.6 Å². The third-order valence-electron chi connectivity index (χ3n) is 3.94. The molecule has 0 amide bonds. The van der Waals surface area contributed by atoms with Gasteiger partial charge in [-0.1, -0.05) is 12.1 Å². The molecule has 1 aliphatic carbocycles. The zero-order chi connectivity index (χ0) is 15.5. The number of thiol groups is 1. The van der Waals surface area contributed by atoms with Crippen LogP contribution in [0.15, 0.2) is 42.6 Å². The number of rotatable bonds is 4. The highest BCUT2D eigenvalue weighted by atomic mass is 32.1. The maximum absolute atomic E-state index is 12.3. The summed E-state index contributed by atoms with van der Waals surface area (Å²) in [5.74, 6) is 0.835. The number of hydrogen-bond donors (Lipinski definition) is 1. The van der Waals surface area contributed by atoms with Crippen LogP contribution in [-0.2, 0) is 11.2 Å². The molecule has 22 heavy (non-hydrogen) atoms. The molecule has 0 bridgehead atoms. The van der Waals surface area contributed by atoms with Gasteiger partial charge in [0, 0.05) is 18.2 Å². The van der Waals surface area contributed by atoms with Gasteiger partial charge in [0.25, 0.3) is 0 Å². The van der Waals surface area contributed by atoms with E-state index in [9.17, 15) is 4.79 Å². The molecule has 0 fully saturated rings. The Bertz CT molecular complexity index is 675. The Morgan fingerprint density at radius 1 is 1.36 bits per heavy atom. The number of aryl methyl sites for hydroxylation is 1. The first kappa shape index (κ1) is 14.9. The number of carbonyl (C=O) groups excluding carboxylic acids is 1. The van der Waals surface area contributed by atoms with Gasteiger partial charge < -0.3 is 9.47 Å². The molecule has 2 atom stereocenters. The Hall–Kier alpha value is -2.01. The van der Waals surface area contributed by atoms with Crippen LogP contribution >= 0.6 is 12.6 Å². The van der Waals surface area contributed by atoms with Crippen LogP contribution in [-0.4, -0.2) is 23.3 Å². The molecule has 0 saturated carbocycles. The van der Waals surface area contributed by atoms with Gasteiger partial charge in [-0.15, -0.1) is 0 Å². The van der Waals surface area contributed by atoms with Crippen molar-refractivity contribution in [2.24, 2.45) is 0 Å². The summed E-state index contributed by atoms with van der Waals surface area (Å²) in [6.07, 6.45) is 3.40. The molecular weight excluding hydrogens is 298 g/mol. The monoisotopic (exact) mass is 315 g/mol. The second kappa shape index (κ2) is 6.40. The Labute approximate surface area is 134 Å². The van der Waals surface area contributed by atoms with E-state index in [0.29, 0.717) is 5.88 Å². The lowest BCUT2D eigenvalue weighted by Gasteiger charge is -2.18. The molecule has 5 heteroatoms. The van der Waals surface area contributed by atoms with E-state index < -0.39 is 5.25 Å². The van der Waals surface area contributed by atoms with Crippen molar-refractivity contribution in [1.82, 2.24) is 4.98 Å². The van der Waals surface area contributed by atoms with Crippen LogP contribution in [0.25, 0.3) is 0 Å². The van der Waals surface area contributed by atoms with Crippen molar-refractivity contribution in [2.45, 2.75) is 24.0 Å². The quantitative estimate of drug-likeness (QED) is 0.696. The zero-order valence-electron chi connectivity index (χ0n) is 12.2. The fraction of sp³-hybridized carbons (Fsp3) is 0.294. The molecule has 0 saturated heterocycles. The van der Waals surface area contributed by atoms with Crippen LogP contribution in [0.4, 0.5) is 0 Å². The van der Waals surface area contributed by atoms with Crippen LogP contribution in [0.2, 0.25) is 0 Å². The summed E-state index contributed by atoms with van der Waals surface area (Å²) in [7, 11) is 1.65. The van der Waals surface area contributed by atoms with Crippen LogP contribution < -0.4 is 9.47 Å². The maximum atomic E-state index is 12.3. The lowest BCUT2D eigenvalue weighted by atomic mass is 9.97. The van der Waals surface area contributed by atoms with Crippen molar-refractivity contribution >= 4 is 18.6 Å². The predicted molar refractivity (Wildman–Crippen MR) is 86.7 cm³/mol. The van der Waals surface area contributed by atoms with Gasteiger partial charge in [0.1, 0.15) is 11.0 Å². The van der Waals surface area contributed by atoms with Gasteiger partial charge in [-0.2, -0.15) is 12.6 Å². The number of carbonyl (C=O) groups is 1. The van der Waals surface area contributed by atoms with Gasteiger partial charge in [0.2, 0.25) is 5.88 Å². The lowest BCUT2D eigenvalue weighted by Crippen LogP contribution is -2.26. The Morgan fingerprint density at radius 2 is 2.23 bits per heavy atom. The average molecular weight is 315 g/mol. The first-order valence-corrected chi connectivity index (χ1v) is 7.68. The summed E-state index contributed by atoms with van der Waals surface area (Å²) >= 11 is 4.49. The third kappa shape index (κ3) is 2.95. The smallest absolute Gasteiger partial charge is 0.326 e. The minimum atomic E-state index is -0.503. The number of fused-ring (bicyclic) bond motifs is 1. The second-order valence-electron chi connectivity index (χ2n) is 5.24. The Balaban J connectivity index is 1.74. The molecule has 2 aromatic rings. The molecule has 1 aliphatic rings. The number of ether oxygens (including phenoxy) is 2. The number of pyridine rings is 1. The molecule has 1 heterocycles. The minimum absolute atomic E-state index is 0.0560. The average Bonchev–Trinajstić information content (AvgIpc) is 2.97. The molecule has 1 aromatic heterocycles. The van der Waals surface area contributed by atoms with E-state index in [1.165, 1.54) is 5.56 Å². The fourth-order valence-electron chi connectivity index (χ4n) is 2.82. The molecular formula is C17H17NO3S. The third-order valence-corrected chi connectivity index (χ3v) is 4.51. The largest absolute Gasteiger partial charge is 0.497 e. The first-order chi connectivity index (χ1) is 10.7. The highest BCUT2D eigenvalue weighted by Crippen LogP contribution is 2.39. The SMILES string of the molecule is COc1ccc2c(c1)CCC2C(S)C(=O)Oc1ccccn1. The van der Waals surface area contributed by atoms with Crippen molar-refractivity contribution in [2.75, 3.05) is 7.11 Å². The van der Waals surface area contributed by atoms with Gasteiger partial charge in [-0.3, -0.25) is 4.79 Å². The molecule has 0 aliphatic heterocycles. The predicted octanol–water partition coefficient (Wildman–Crippen LogP) is 3.02. The van der Waals surface area contributed by atoms with E-state index in [4.69, 9.17) is 9.47 Å². The number of nitrogens with zero attached hydrogens (tertiary/aromatic N) is 1. The molecule has 0 spiro atoms. The number of methoxy groups -OCH3 is 1. The maximum Gasteiger partial charge on any atom is 0.326 e. The highest BCUT2D eigenvalue weighted by molar-refractivity contribution is 7.81. The minimum Gasteiger partial charge on any atom is -0.497 e. The molecule has 3 rings (SSSR count). The van der Waals surface area contributed by atoms with Crippen molar-refractivity contribution in [3.8, 4) is 11.6 Å². The Morgan fingerprint density at radius 3 is 2.95 bits per heavy atom. The van der Waals surface area contributed by atoms with Gasteiger partial charge >= 0.3 is 5.97 Å². The molecule has 0 N–H and O–H groups in total.